The number of halogens is 2. The SMILES string of the molecule is CN(CCC#N)C(=O)c1cc(N)c(F)cc1Br. The molecule has 1 rings (SSSR count). The first-order chi connectivity index (χ1) is 7.97. The quantitative estimate of drug-likeness (QED) is 0.870. The Bertz CT molecular complexity index is 484. The molecule has 17 heavy (non-hydrogen) atoms. The van der Waals surface area contributed by atoms with E-state index in [9.17, 15) is 9.18 Å². The summed E-state index contributed by atoms with van der Waals surface area (Å²) in [5.74, 6) is -0.882. The second kappa shape index (κ2) is 5.64. The van der Waals surface area contributed by atoms with Gasteiger partial charge >= 0.3 is 0 Å². The molecule has 0 aliphatic rings. The van der Waals surface area contributed by atoms with E-state index in [0.717, 1.165) is 6.07 Å². The predicted molar refractivity (Wildman–Crippen MR) is 65.7 cm³/mol. The predicted octanol–water partition coefficient (Wildman–Crippen LogP) is 2.16. The van der Waals surface area contributed by atoms with Crippen LogP contribution in [0.15, 0.2) is 16.6 Å². The first-order valence-corrected chi connectivity index (χ1v) is 5.63. The van der Waals surface area contributed by atoms with E-state index in [1.807, 2.05) is 6.07 Å². The topological polar surface area (TPSA) is 70.1 Å². The molecule has 0 saturated heterocycles. The molecule has 90 valence electrons. The first kappa shape index (κ1) is 13.5. The van der Waals surface area contributed by atoms with Crippen molar-refractivity contribution in [3.05, 3.63) is 28.0 Å². The third-order valence-corrected chi connectivity index (χ3v) is 2.88. The van der Waals surface area contributed by atoms with E-state index in [1.54, 1.807) is 7.05 Å². The van der Waals surface area contributed by atoms with Crippen LogP contribution in [0.1, 0.15) is 16.8 Å². The Hall–Kier alpha value is -1.61. The fourth-order valence-electron chi connectivity index (χ4n) is 1.25. The highest BCUT2D eigenvalue weighted by Crippen LogP contribution is 2.23. The molecule has 1 aromatic rings. The van der Waals surface area contributed by atoms with Crippen LogP contribution in [0.3, 0.4) is 0 Å². The molecule has 0 radical (unpaired) electrons. The normalized spacial score (nSPS) is 9.76. The summed E-state index contributed by atoms with van der Waals surface area (Å²) in [5, 5.41) is 8.44. The van der Waals surface area contributed by atoms with Gasteiger partial charge in [-0.25, -0.2) is 4.39 Å². The van der Waals surface area contributed by atoms with Crippen molar-refractivity contribution in [3.8, 4) is 6.07 Å². The van der Waals surface area contributed by atoms with E-state index in [1.165, 1.54) is 11.0 Å². The van der Waals surface area contributed by atoms with Gasteiger partial charge in [0.2, 0.25) is 0 Å². The highest BCUT2D eigenvalue weighted by molar-refractivity contribution is 9.10. The molecule has 4 nitrogen and oxygen atoms in total. The summed E-state index contributed by atoms with van der Waals surface area (Å²) in [6, 6.07) is 4.39. The van der Waals surface area contributed by atoms with E-state index < -0.39 is 5.82 Å². The number of nitrogens with zero attached hydrogens (tertiary/aromatic N) is 2. The Morgan fingerprint density at radius 2 is 2.29 bits per heavy atom. The van der Waals surface area contributed by atoms with Crippen LogP contribution < -0.4 is 5.73 Å². The van der Waals surface area contributed by atoms with Gasteiger partial charge in [-0.15, -0.1) is 0 Å². The maximum absolute atomic E-state index is 13.1. The van der Waals surface area contributed by atoms with Gasteiger partial charge in [-0.05, 0) is 28.1 Å². The number of rotatable bonds is 3. The zero-order valence-electron chi connectivity index (χ0n) is 9.20. The van der Waals surface area contributed by atoms with Gasteiger partial charge in [0, 0.05) is 18.1 Å². The molecule has 0 aliphatic heterocycles. The molecule has 0 bridgehead atoms. The van der Waals surface area contributed by atoms with Gasteiger partial charge in [-0.2, -0.15) is 5.26 Å². The molecular formula is C11H11BrFN3O. The summed E-state index contributed by atoms with van der Waals surface area (Å²) >= 11 is 3.11. The molecule has 0 aliphatic carbocycles. The fraction of sp³-hybridized carbons (Fsp3) is 0.273. The zero-order valence-corrected chi connectivity index (χ0v) is 10.8. The second-order valence-electron chi connectivity index (χ2n) is 3.49. The molecule has 1 amide bonds. The number of nitrogens with two attached hydrogens (primary N) is 1. The summed E-state index contributed by atoms with van der Waals surface area (Å²) < 4.78 is 13.4. The van der Waals surface area contributed by atoms with Gasteiger partial charge in [0.15, 0.2) is 0 Å². The zero-order chi connectivity index (χ0) is 13.0. The number of hydrogen-bond acceptors (Lipinski definition) is 3. The number of amides is 1. The van der Waals surface area contributed by atoms with Gasteiger partial charge < -0.3 is 10.6 Å². The smallest absolute Gasteiger partial charge is 0.254 e. The third-order valence-electron chi connectivity index (χ3n) is 2.22. The number of benzene rings is 1. The Balaban J connectivity index is 2.97. The molecule has 0 saturated carbocycles. The highest BCUT2D eigenvalue weighted by atomic mass is 79.9. The molecule has 0 aromatic heterocycles. The van der Waals surface area contributed by atoms with Crippen LogP contribution in [0, 0.1) is 17.1 Å². The number of anilines is 1. The maximum Gasteiger partial charge on any atom is 0.254 e. The summed E-state index contributed by atoms with van der Waals surface area (Å²) in [6.45, 7) is 0.319. The van der Waals surface area contributed by atoms with Crippen LogP contribution in [0.4, 0.5) is 10.1 Å². The summed E-state index contributed by atoms with van der Waals surface area (Å²) in [6.07, 6.45) is 0.247. The summed E-state index contributed by atoms with van der Waals surface area (Å²) in [5.41, 5.74) is 5.61. The van der Waals surface area contributed by atoms with Gasteiger partial charge in [-0.1, -0.05) is 0 Å². The minimum Gasteiger partial charge on any atom is -0.396 e. The summed E-state index contributed by atoms with van der Waals surface area (Å²) in [7, 11) is 1.58. The average molecular weight is 300 g/mol. The van der Waals surface area contributed by atoms with Crippen LogP contribution in [0.25, 0.3) is 0 Å². The Labute approximate surface area is 107 Å². The van der Waals surface area contributed by atoms with E-state index in [4.69, 9.17) is 11.0 Å². The van der Waals surface area contributed by atoms with Crippen molar-refractivity contribution in [2.24, 2.45) is 0 Å². The molecule has 2 N–H and O–H groups in total. The molecule has 0 heterocycles. The molecule has 0 fully saturated rings. The van der Waals surface area contributed by atoms with E-state index in [0.29, 0.717) is 11.0 Å². The van der Waals surface area contributed by atoms with Crippen molar-refractivity contribution in [3.63, 3.8) is 0 Å². The minimum absolute atomic E-state index is 0.0785. The third kappa shape index (κ3) is 3.17. The number of carbonyl (C=O) groups excluding carboxylic acids is 1. The monoisotopic (exact) mass is 299 g/mol. The first-order valence-electron chi connectivity index (χ1n) is 4.84. The van der Waals surface area contributed by atoms with E-state index in [2.05, 4.69) is 15.9 Å². The van der Waals surface area contributed by atoms with Gasteiger partial charge in [0.1, 0.15) is 5.82 Å². The molecular weight excluding hydrogens is 289 g/mol. The lowest BCUT2D eigenvalue weighted by atomic mass is 10.1. The van der Waals surface area contributed by atoms with Crippen molar-refractivity contribution < 1.29 is 9.18 Å². The fourth-order valence-corrected chi connectivity index (χ4v) is 1.74. The lowest BCUT2D eigenvalue weighted by Gasteiger charge is -2.16. The molecule has 6 heteroatoms. The molecule has 0 unspecified atom stereocenters. The van der Waals surface area contributed by atoms with E-state index >= 15 is 0 Å². The van der Waals surface area contributed by atoms with Crippen molar-refractivity contribution in [2.75, 3.05) is 19.3 Å². The van der Waals surface area contributed by atoms with E-state index in [-0.39, 0.29) is 23.6 Å². The molecule has 0 atom stereocenters. The molecule has 0 spiro atoms. The van der Waals surface area contributed by atoms with Crippen LogP contribution in [-0.4, -0.2) is 24.4 Å². The number of nitrogen functional groups attached to an aromatic ring is 1. The lowest BCUT2D eigenvalue weighted by Crippen LogP contribution is -2.28. The standard InChI is InChI=1S/C11H11BrFN3O/c1-16(4-2-3-14)11(17)7-5-10(15)9(13)6-8(7)12/h5-6H,2,4,15H2,1H3. The largest absolute Gasteiger partial charge is 0.396 e. The summed E-state index contributed by atoms with van der Waals surface area (Å²) in [4.78, 5) is 13.3. The number of hydrogen-bond donors (Lipinski definition) is 1. The highest BCUT2D eigenvalue weighted by Gasteiger charge is 2.16. The second-order valence-corrected chi connectivity index (χ2v) is 4.34. The van der Waals surface area contributed by atoms with Crippen molar-refractivity contribution in [1.29, 1.82) is 5.26 Å². The van der Waals surface area contributed by atoms with Crippen LogP contribution in [0.5, 0.6) is 0 Å². The van der Waals surface area contributed by atoms with Gasteiger partial charge in [-0.3, -0.25) is 4.79 Å². The van der Waals surface area contributed by atoms with Crippen molar-refractivity contribution >= 4 is 27.5 Å². The minimum atomic E-state index is -0.576. The lowest BCUT2D eigenvalue weighted by molar-refractivity contribution is 0.0797. The van der Waals surface area contributed by atoms with Gasteiger partial charge in [0.05, 0.1) is 23.7 Å². The Morgan fingerprint density at radius 3 is 2.88 bits per heavy atom. The van der Waals surface area contributed by atoms with Crippen LogP contribution in [-0.2, 0) is 0 Å². The number of nitriles is 1. The Kier molecular flexibility index (Phi) is 4.46. The van der Waals surface area contributed by atoms with Gasteiger partial charge in [0.25, 0.3) is 5.91 Å². The van der Waals surface area contributed by atoms with Crippen LogP contribution >= 0.6 is 15.9 Å². The maximum atomic E-state index is 13.1. The number of carbonyl (C=O) groups is 1. The Morgan fingerprint density at radius 1 is 1.65 bits per heavy atom. The van der Waals surface area contributed by atoms with Crippen LogP contribution in [0.2, 0.25) is 0 Å². The van der Waals surface area contributed by atoms with Crippen molar-refractivity contribution in [2.45, 2.75) is 6.42 Å². The average Bonchev–Trinajstić information content (AvgIpc) is 2.29. The molecule has 1 aromatic carbocycles. The van der Waals surface area contributed by atoms with Crippen molar-refractivity contribution in [1.82, 2.24) is 4.90 Å².